The molecule has 2 atom stereocenters. The smallest absolute Gasteiger partial charge is 0.267 e. The van der Waals surface area contributed by atoms with Crippen LogP contribution in [0.3, 0.4) is 0 Å². The van der Waals surface area contributed by atoms with Crippen LogP contribution < -0.4 is 10.6 Å². The van der Waals surface area contributed by atoms with E-state index in [1.54, 1.807) is 12.1 Å². The van der Waals surface area contributed by atoms with Gasteiger partial charge in [-0.2, -0.15) is 0 Å². The lowest BCUT2D eigenvalue weighted by molar-refractivity contribution is -0.120. The minimum atomic E-state index is -0.169. The Morgan fingerprint density at radius 2 is 1.70 bits per heavy atom. The maximum atomic E-state index is 12.1. The number of amides is 1. The molecule has 1 heterocycles. The Morgan fingerprint density at radius 1 is 1.05 bits per heavy atom. The van der Waals surface area contributed by atoms with Crippen molar-refractivity contribution in [2.24, 2.45) is 0 Å². The summed E-state index contributed by atoms with van der Waals surface area (Å²) in [6.45, 7) is 0. The third kappa shape index (κ3) is 2.59. The van der Waals surface area contributed by atoms with E-state index in [2.05, 4.69) is 10.6 Å². The van der Waals surface area contributed by atoms with Crippen molar-refractivity contribution in [2.75, 3.05) is 0 Å². The minimum Gasteiger partial charge on any atom is -0.376 e. The Labute approximate surface area is 118 Å². The normalized spacial score (nSPS) is 27.4. The lowest BCUT2D eigenvalue weighted by Crippen LogP contribution is -2.58. The second kappa shape index (κ2) is 5.49. The van der Waals surface area contributed by atoms with Crippen molar-refractivity contribution < 1.29 is 9.59 Å². The second-order valence-electron chi connectivity index (χ2n) is 5.40. The molecule has 2 unspecified atom stereocenters. The molecule has 1 aliphatic heterocycles. The van der Waals surface area contributed by atoms with Crippen LogP contribution in [0.1, 0.15) is 36.0 Å². The molecule has 1 saturated heterocycles. The van der Waals surface area contributed by atoms with Gasteiger partial charge >= 0.3 is 0 Å². The fraction of sp³-hybridized carbons (Fsp3) is 0.375. The first-order valence-electron chi connectivity index (χ1n) is 7.12. The van der Waals surface area contributed by atoms with Crippen molar-refractivity contribution >= 4 is 11.7 Å². The summed E-state index contributed by atoms with van der Waals surface area (Å²) in [5.74, 6) is -0.310. The Hall–Kier alpha value is -2.10. The zero-order valence-corrected chi connectivity index (χ0v) is 11.3. The maximum absolute atomic E-state index is 12.1. The van der Waals surface area contributed by atoms with Crippen LogP contribution in [0.4, 0.5) is 0 Å². The van der Waals surface area contributed by atoms with E-state index in [0.29, 0.717) is 11.3 Å². The van der Waals surface area contributed by atoms with Gasteiger partial charge in [0.05, 0.1) is 0 Å². The number of fused-ring (bicyclic) bond motifs is 1. The summed E-state index contributed by atoms with van der Waals surface area (Å²) in [7, 11) is 0. The number of ketones is 1. The van der Waals surface area contributed by atoms with Crippen LogP contribution in [0.15, 0.2) is 42.1 Å². The van der Waals surface area contributed by atoms with Crippen LogP contribution in [0.2, 0.25) is 0 Å². The third-order valence-electron chi connectivity index (χ3n) is 4.00. The lowest BCUT2D eigenvalue weighted by Gasteiger charge is -2.38. The molecule has 4 heteroatoms. The second-order valence-corrected chi connectivity index (χ2v) is 5.40. The average molecular weight is 270 g/mol. The molecular formula is C16H18N2O2. The lowest BCUT2D eigenvalue weighted by atomic mass is 9.88. The van der Waals surface area contributed by atoms with Crippen molar-refractivity contribution in [3.8, 4) is 0 Å². The molecule has 1 saturated carbocycles. The molecule has 2 fully saturated rings. The van der Waals surface area contributed by atoms with E-state index in [-0.39, 0.29) is 23.8 Å². The number of benzene rings is 1. The molecule has 0 bridgehead atoms. The summed E-state index contributed by atoms with van der Waals surface area (Å²) in [5, 5.41) is 6.24. The molecule has 104 valence electrons. The predicted octanol–water partition coefficient (Wildman–Crippen LogP) is 1.78. The molecule has 4 nitrogen and oxygen atoms in total. The van der Waals surface area contributed by atoms with Crippen molar-refractivity contribution in [1.29, 1.82) is 0 Å². The Balaban J connectivity index is 1.77. The summed E-state index contributed by atoms with van der Waals surface area (Å²) in [6, 6.07) is 9.47. The van der Waals surface area contributed by atoms with E-state index in [1.165, 1.54) is 12.5 Å². The molecule has 0 radical (unpaired) electrons. The van der Waals surface area contributed by atoms with Gasteiger partial charge in [-0.05, 0) is 12.8 Å². The third-order valence-corrected chi connectivity index (χ3v) is 4.00. The molecule has 3 rings (SSSR count). The summed E-state index contributed by atoms with van der Waals surface area (Å²) >= 11 is 0. The maximum Gasteiger partial charge on any atom is 0.267 e. The summed E-state index contributed by atoms with van der Waals surface area (Å²) in [4.78, 5) is 24.1. The van der Waals surface area contributed by atoms with E-state index in [9.17, 15) is 9.59 Å². The fourth-order valence-electron chi connectivity index (χ4n) is 2.91. The van der Waals surface area contributed by atoms with Crippen LogP contribution in [-0.4, -0.2) is 23.8 Å². The Bertz CT molecular complexity index is 551. The largest absolute Gasteiger partial charge is 0.376 e. The van der Waals surface area contributed by atoms with Gasteiger partial charge in [-0.3, -0.25) is 9.59 Å². The first-order valence-corrected chi connectivity index (χ1v) is 7.12. The van der Waals surface area contributed by atoms with E-state index in [1.807, 2.05) is 18.2 Å². The monoisotopic (exact) mass is 270 g/mol. The molecule has 1 aromatic carbocycles. The predicted molar refractivity (Wildman–Crippen MR) is 76.2 cm³/mol. The molecule has 20 heavy (non-hydrogen) atoms. The first-order chi connectivity index (χ1) is 9.74. The summed E-state index contributed by atoms with van der Waals surface area (Å²) in [6.07, 6.45) is 5.80. The van der Waals surface area contributed by atoms with Gasteiger partial charge in [0.1, 0.15) is 5.70 Å². The number of hydrogen-bond acceptors (Lipinski definition) is 3. The first kappa shape index (κ1) is 12.9. The highest BCUT2D eigenvalue weighted by Crippen LogP contribution is 2.22. The van der Waals surface area contributed by atoms with Crippen LogP contribution in [0.25, 0.3) is 0 Å². The summed E-state index contributed by atoms with van der Waals surface area (Å²) in [5.41, 5.74) is 0.988. The molecule has 1 aliphatic carbocycles. The van der Waals surface area contributed by atoms with Gasteiger partial charge in [0.2, 0.25) is 0 Å². The zero-order valence-electron chi connectivity index (χ0n) is 11.3. The van der Waals surface area contributed by atoms with E-state index in [0.717, 1.165) is 19.3 Å². The van der Waals surface area contributed by atoms with Gasteiger partial charge < -0.3 is 10.6 Å². The number of carbonyl (C=O) groups excluding carboxylic acids is 2. The van der Waals surface area contributed by atoms with Crippen molar-refractivity contribution in [3.63, 3.8) is 0 Å². The minimum absolute atomic E-state index is 0.141. The van der Waals surface area contributed by atoms with Crippen molar-refractivity contribution in [3.05, 3.63) is 47.7 Å². The van der Waals surface area contributed by atoms with Gasteiger partial charge in [0.25, 0.3) is 5.91 Å². The topological polar surface area (TPSA) is 58.2 Å². The summed E-state index contributed by atoms with van der Waals surface area (Å²) < 4.78 is 0. The van der Waals surface area contributed by atoms with Gasteiger partial charge in [-0.25, -0.2) is 0 Å². The van der Waals surface area contributed by atoms with Crippen LogP contribution in [0, 0.1) is 0 Å². The van der Waals surface area contributed by atoms with E-state index < -0.39 is 0 Å². The SMILES string of the molecule is O=C1NC2CCCCC2N/C1=C\C(=O)c1ccccc1. The van der Waals surface area contributed by atoms with Gasteiger partial charge in [0, 0.05) is 23.7 Å². The Morgan fingerprint density at radius 3 is 2.40 bits per heavy atom. The highest BCUT2D eigenvalue weighted by molar-refractivity contribution is 6.09. The van der Waals surface area contributed by atoms with Crippen molar-refractivity contribution in [2.45, 2.75) is 37.8 Å². The van der Waals surface area contributed by atoms with Gasteiger partial charge in [-0.15, -0.1) is 0 Å². The molecule has 1 amide bonds. The number of carbonyl (C=O) groups is 2. The number of allylic oxidation sites excluding steroid dienone is 1. The number of nitrogens with one attached hydrogen (secondary N) is 2. The molecular weight excluding hydrogens is 252 g/mol. The number of piperazine rings is 1. The van der Waals surface area contributed by atoms with Crippen LogP contribution in [0.5, 0.6) is 0 Å². The molecule has 2 N–H and O–H groups in total. The van der Waals surface area contributed by atoms with E-state index in [4.69, 9.17) is 0 Å². The molecule has 1 aromatic rings. The van der Waals surface area contributed by atoms with Crippen molar-refractivity contribution in [1.82, 2.24) is 10.6 Å². The highest BCUT2D eigenvalue weighted by Gasteiger charge is 2.33. The molecule has 0 aromatic heterocycles. The molecule has 0 spiro atoms. The number of rotatable bonds is 2. The Kier molecular flexibility index (Phi) is 3.54. The standard InChI is InChI=1S/C16H18N2O2/c19-15(11-6-2-1-3-7-11)10-14-16(20)18-13-9-5-4-8-12(13)17-14/h1-3,6-7,10,12-13,17H,4-5,8-9H2,(H,18,20)/b14-10-. The van der Waals surface area contributed by atoms with Gasteiger partial charge in [0.15, 0.2) is 5.78 Å². The fourth-order valence-corrected chi connectivity index (χ4v) is 2.91. The highest BCUT2D eigenvalue weighted by atomic mass is 16.2. The van der Waals surface area contributed by atoms with Crippen LogP contribution in [-0.2, 0) is 4.79 Å². The quantitative estimate of drug-likeness (QED) is 0.636. The zero-order chi connectivity index (χ0) is 13.9. The van der Waals surface area contributed by atoms with Crippen LogP contribution >= 0.6 is 0 Å². The number of hydrogen-bond donors (Lipinski definition) is 2. The molecule has 2 aliphatic rings. The van der Waals surface area contributed by atoms with E-state index >= 15 is 0 Å². The van der Waals surface area contributed by atoms with Gasteiger partial charge in [-0.1, -0.05) is 43.2 Å². The average Bonchev–Trinajstić information content (AvgIpc) is 2.49.